The van der Waals surface area contributed by atoms with Gasteiger partial charge in [0.15, 0.2) is 5.96 Å². The summed E-state index contributed by atoms with van der Waals surface area (Å²) in [7, 11) is 1.79. The van der Waals surface area contributed by atoms with Gasteiger partial charge in [-0.3, -0.25) is 9.79 Å². The number of ether oxygens (including phenoxy) is 1. The first kappa shape index (κ1) is 25.7. The number of carbonyl (C=O) groups is 1. The van der Waals surface area contributed by atoms with Crippen molar-refractivity contribution >= 4 is 35.8 Å². The van der Waals surface area contributed by atoms with Crippen molar-refractivity contribution < 1.29 is 9.53 Å². The zero-order valence-electron chi connectivity index (χ0n) is 18.0. The van der Waals surface area contributed by atoms with Crippen LogP contribution in [0.15, 0.2) is 35.3 Å². The molecule has 1 heterocycles. The van der Waals surface area contributed by atoms with E-state index >= 15 is 0 Å². The quantitative estimate of drug-likeness (QED) is 0.217. The summed E-state index contributed by atoms with van der Waals surface area (Å²) in [5.41, 5.74) is 1.32. The Balaban J connectivity index is 0.00000420. The molecule has 1 aromatic carbocycles. The summed E-state index contributed by atoms with van der Waals surface area (Å²) >= 11 is 0. The van der Waals surface area contributed by atoms with Crippen molar-refractivity contribution in [1.82, 2.24) is 15.5 Å². The third-order valence-corrected chi connectivity index (χ3v) is 4.94. The number of guanidine groups is 1. The fourth-order valence-electron chi connectivity index (χ4n) is 3.30. The molecule has 0 saturated carbocycles. The van der Waals surface area contributed by atoms with Crippen molar-refractivity contribution in [1.29, 1.82) is 0 Å². The molecule has 1 aromatic rings. The number of aliphatic imine (C=N–C) groups is 1. The van der Waals surface area contributed by atoms with Crippen LogP contribution in [0.3, 0.4) is 0 Å². The molecule has 0 radical (unpaired) electrons. The maximum atomic E-state index is 12.1. The van der Waals surface area contributed by atoms with Crippen molar-refractivity contribution in [2.45, 2.75) is 45.6 Å². The van der Waals surface area contributed by atoms with Gasteiger partial charge < -0.3 is 20.3 Å². The molecule has 0 spiro atoms. The standard InChI is InChI=1S/C22H36N4O2.HI/c1-18(2)21(27)26-14-11-20(17-26)25-22(23-3)24-13-7-8-15-28-16-12-19-9-5-4-6-10-19;/h4-6,9-10,18,20H,7-8,11-17H2,1-3H3,(H2,23,24,25);1H. The number of amides is 1. The van der Waals surface area contributed by atoms with Gasteiger partial charge in [0.2, 0.25) is 5.91 Å². The molecule has 1 aliphatic heterocycles. The van der Waals surface area contributed by atoms with Crippen LogP contribution in [0.25, 0.3) is 0 Å². The van der Waals surface area contributed by atoms with Crippen LogP contribution in [-0.4, -0.2) is 62.7 Å². The predicted octanol–water partition coefficient (Wildman–Crippen LogP) is 3.07. The number of halogens is 1. The van der Waals surface area contributed by atoms with E-state index in [0.717, 1.165) is 64.5 Å². The Kier molecular flexibility index (Phi) is 12.9. The topological polar surface area (TPSA) is 66.0 Å². The molecule has 2 N–H and O–H groups in total. The van der Waals surface area contributed by atoms with E-state index in [1.54, 1.807) is 7.05 Å². The molecule has 1 amide bonds. The largest absolute Gasteiger partial charge is 0.381 e. The van der Waals surface area contributed by atoms with Gasteiger partial charge >= 0.3 is 0 Å². The summed E-state index contributed by atoms with van der Waals surface area (Å²) in [5.74, 6) is 1.11. The monoisotopic (exact) mass is 516 g/mol. The normalized spacial score (nSPS) is 16.6. The highest BCUT2D eigenvalue weighted by Crippen LogP contribution is 2.12. The molecule has 6 nitrogen and oxygen atoms in total. The van der Waals surface area contributed by atoms with Gasteiger partial charge in [-0.15, -0.1) is 24.0 Å². The fraction of sp³-hybridized carbons (Fsp3) is 0.636. The Morgan fingerprint density at radius 1 is 1.24 bits per heavy atom. The van der Waals surface area contributed by atoms with E-state index in [0.29, 0.717) is 0 Å². The van der Waals surface area contributed by atoms with Gasteiger partial charge in [0.25, 0.3) is 0 Å². The predicted molar refractivity (Wildman–Crippen MR) is 130 cm³/mol. The molecule has 2 rings (SSSR count). The highest BCUT2D eigenvalue weighted by Gasteiger charge is 2.27. The summed E-state index contributed by atoms with van der Waals surface area (Å²) in [6.07, 6.45) is 4.00. The number of hydrogen-bond acceptors (Lipinski definition) is 3. The Bertz CT molecular complexity index is 610. The van der Waals surface area contributed by atoms with Crippen LogP contribution in [-0.2, 0) is 16.0 Å². The van der Waals surface area contributed by atoms with E-state index in [1.807, 2.05) is 24.8 Å². The first-order chi connectivity index (χ1) is 13.6. The van der Waals surface area contributed by atoms with E-state index in [1.165, 1.54) is 5.56 Å². The number of rotatable bonds is 10. The molecule has 1 aliphatic rings. The molecule has 0 aliphatic carbocycles. The molecule has 164 valence electrons. The summed E-state index contributed by atoms with van der Waals surface area (Å²) < 4.78 is 5.72. The minimum Gasteiger partial charge on any atom is -0.381 e. The molecule has 1 fully saturated rings. The Morgan fingerprint density at radius 2 is 2.00 bits per heavy atom. The maximum absolute atomic E-state index is 12.1. The Morgan fingerprint density at radius 3 is 2.69 bits per heavy atom. The fourth-order valence-corrected chi connectivity index (χ4v) is 3.30. The lowest BCUT2D eigenvalue weighted by molar-refractivity contribution is -0.133. The van der Waals surface area contributed by atoms with Crippen LogP contribution < -0.4 is 10.6 Å². The van der Waals surface area contributed by atoms with Gasteiger partial charge in [0, 0.05) is 45.2 Å². The molecule has 7 heteroatoms. The van der Waals surface area contributed by atoms with Crippen LogP contribution in [0.4, 0.5) is 0 Å². The summed E-state index contributed by atoms with van der Waals surface area (Å²) in [4.78, 5) is 18.3. The highest BCUT2D eigenvalue weighted by molar-refractivity contribution is 14.0. The van der Waals surface area contributed by atoms with E-state index in [2.05, 4.69) is 39.9 Å². The molecule has 0 bridgehead atoms. The van der Waals surface area contributed by atoms with E-state index in [4.69, 9.17) is 4.74 Å². The summed E-state index contributed by atoms with van der Waals surface area (Å²) in [6.45, 7) is 7.91. The van der Waals surface area contributed by atoms with Gasteiger partial charge in [-0.25, -0.2) is 0 Å². The zero-order valence-corrected chi connectivity index (χ0v) is 20.4. The third kappa shape index (κ3) is 9.80. The Labute approximate surface area is 192 Å². The zero-order chi connectivity index (χ0) is 20.2. The first-order valence-electron chi connectivity index (χ1n) is 10.5. The van der Waals surface area contributed by atoms with Crippen molar-refractivity contribution in [3.8, 4) is 0 Å². The third-order valence-electron chi connectivity index (χ3n) is 4.94. The second-order valence-corrected chi connectivity index (χ2v) is 7.62. The lowest BCUT2D eigenvalue weighted by atomic mass is 10.2. The van der Waals surface area contributed by atoms with Crippen molar-refractivity contribution in [3.05, 3.63) is 35.9 Å². The maximum Gasteiger partial charge on any atom is 0.225 e. The molecular weight excluding hydrogens is 479 g/mol. The van der Waals surface area contributed by atoms with Crippen molar-refractivity contribution in [2.24, 2.45) is 10.9 Å². The number of carbonyl (C=O) groups excluding carboxylic acids is 1. The highest BCUT2D eigenvalue weighted by atomic mass is 127. The van der Waals surface area contributed by atoms with Crippen LogP contribution in [0.2, 0.25) is 0 Å². The average molecular weight is 516 g/mol. The van der Waals surface area contributed by atoms with Gasteiger partial charge in [-0.2, -0.15) is 0 Å². The minimum atomic E-state index is 0. The minimum absolute atomic E-state index is 0. The average Bonchev–Trinajstić information content (AvgIpc) is 3.17. The number of nitrogens with one attached hydrogen (secondary N) is 2. The van der Waals surface area contributed by atoms with Gasteiger partial charge in [-0.1, -0.05) is 44.2 Å². The number of benzene rings is 1. The second-order valence-electron chi connectivity index (χ2n) is 7.62. The molecule has 1 unspecified atom stereocenters. The van der Waals surface area contributed by atoms with Crippen LogP contribution >= 0.6 is 24.0 Å². The van der Waals surface area contributed by atoms with Gasteiger partial charge in [-0.05, 0) is 31.2 Å². The molecule has 29 heavy (non-hydrogen) atoms. The van der Waals surface area contributed by atoms with Gasteiger partial charge in [0.05, 0.1) is 6.61 Å². The lowest BCUT2D eigenvalue weighted by Gasteiger charge is -2.20. The number of hydrogen-bond donors (Lipinski definition) is 2. The molecule has 1 atom stereocenters. The van der Waals surface area contributed by atoms with E-state index < -0.39 is 0 Å². The summed E-state index contributed by atoms with van der Waals surface area (Å²) in [6, 6.07) is 10.7. The SMILES string of the molecule is CN=C(NCCCCOCCc1ccccc1)NC1CCN(C(=O)C(C)C)C1.I. The molecule has 1 saturated heterocycles. The first-order valence-corrected chi connectivity index (χ1v) is 10.5. The lowest BCUT2D eigenvalue weighted by Crippen LogP contribution is -2.45. The number of nitrogens with zero attached hydrogens (tertiary/aromatic N) is 2. The van der Waals surface area contributed by atoms with Crippen LogP contribution in [0.5, 0.6) is 0 Å². The number of unbranched alkanes of at least 4 members (excludes halogenated alkanes) is 1. The van der Waals surface area contributed by atoms with Crippen LogP contribution in [0.1, 0.15) is 38.7 Å². The molecule has 0 aromatic heterocycles. The Hall–Kier alpha value is -1.35. The number of likely N-dealkylation sites (tertiary alicyclic amines) is 1. The van der Waals surface area contributed by atoms with Crippen molar-refractivity contribution in [3.63, 3.8) is 0 Å². The van der Waals surface area contributed by atoms with Crippen LogP contribution in [0, 0.1) is 5.92 Å². The molecular formula is C22H37IN4O2. The van der Waals surface area contributed by atoms with E-state index in [-0.39, 0.29) is 41.8 Å². The second kappa shape index (κ2) is 14.6. The van der Waals surface area contributed by atoms with Crippen molar-refractivity contribution in [2.75, 3.05) is 39.9 Å². The van der Waals surface area contributed by atoms with Gasteiger partial charge in [0.1, 0.15) is 0 Å². The summed E-state index contributed by atoms with van der Waals surface area (Å²) in [5, 5.41) is 6.79. The smallest absolute Gasteiger partial charge is 0.225 e. The van der Waals surface area contributed by atoms with E-state index in [9.17, 15) is 4.79 Å².